The first-order valence-corrected chi connectivity index (χ1v) is 7.61. The van der Waals surface area contributed by atoms with Crippen LogP contribution in [0.2, 0.25) is 0 Å². The van der Waals surface area contributed by atoms with Gasteiger partial charge in [0.1, 0.15) is 12.1 Å². The summed E-state index contributed by atoms with van der Waals surface area (Å²) >= 11 is 0. The average Bonchev–Trinajstić information content (AvgIpc) is 3.27. The van der Waals surface area contributed by atoms with Crippen LogP contribution in [0.5, 0.6) is 0 Å². The van der Waals surface area contributed by atoms with Gasteiger partial charge in [-0.3, -0.25) is 14.6 Å². The molecule has 1 saturated carbocycles. The Morgan fingerprint density at radius 1 is 1.33 bits per heavy atom. The summed E-state index contributed by atoms with van der Waals surface area (Å²) in [5.74, 6) is 0.365. The standard InChI is InChI=1S/C16H21N3O2/c1-3-13-16(21)19(9-11-6-10(2)7-17-8-11)14(12-4-5-12)15(20)18-13/h6-8,12-14H,3-5,9H2,1-2H3,(H,18,20). The first-order chi connectivity index (χ1) is 10.1. The fourth-order valence-electron chi connectivity index (χ4n) is 3.03. The number of aryl methyl sites for hydroxylation is 1. The Bertz CT molecular complexity index is 568. The van der Waals surface area contributed by atoms with Crippen molar-refractivity contribution in [3.63, 3.8) is 0 Å². The van der Waals surface area contributed by atoms with Crippen LogP contribution in [0.4, 0.5) is 0 Å². The third kappa shape index (κ3) is 2.77. The second-order valence-electron chi connectivity index (χ2n) is 6.09. The van der Waals surface area contributed by atoms with Gasteiger partial charge in [0.2, 0.25) is 11.8 Å². The van der Waals surface area contributed by atoms with Crippen molar-refractivity contribution < 1.29 is 9.59 Å². The third-order valence-electron chi connectivity index (χ3n) is 4.26. The Morgan fingerprint density at radius 3 is 2.71 bits per heavy atom. The van der Waals surface area contributed by atoms with Crippen LogP contribution >= 0.6 is 0 Å². The maximum absolute atomic E-state index is 12.6. The monoisotopic (exact) mass is 287 g/mol. The zero-order valence-electron chi connectivity index (χ0n) is 12.5. The number of carbonyl (C=O) groups is 2. The van der Waals surface area contributed by atoms with E-state index in [1.165, 1.54) is 0 Å². The molecule has 2 atom stereocenters. The number of piperazine rings is 1. The van der Waals surface area contributed by atoms with Gasteiger partial charge in [0.15, 0.2) is 0 Å². The van der Waals surface area contributed by atoms with E-state index in [4.69, 9.17) is 0 Å². The molecule has 2 unspecified atom stereocenters. The molecule has 0 aromatic carbocycles. The molecule has 2 heterocycles. The predicted molar refractivity (Wildman–Crippen MR) is 78.3 cm³/mol. The first kappa shape index (κ1) is 14.0. The molecule has 0 bridgehead atoms. The highest BCUT2D eigenvalue weighted by molar-refractivity contribution is 5.97. The highest BCUT2D eigenvalue weighted by atomic mass is 16.2. The molecule has 1 aliphatic carbocycles. The van der Waals surface area contributed by atoms with Gasteiger partial charge < -0.3 is 10.2 Å². The lowest BCUT2D eigenvalue weighted by Crippen LogP contribution is -2.63. The molecule has 2 amide bonds. The van der Waals surface area contributed by atoms with Crippen molar-refractivity contribution >= 4 is 11.8 Å². The fourth-order valence-corrected chi connectivity index (χ4v) is 3.03. The third-order valence-corrected chi connectivity index (χ3v) is 4.26. The van der Waals surface area contributed by atoms with Crippen molar-refractivity contribution in [2.75, 3.05) is 0 Å². The predicted octanol–water partition coefficient (Wildman–Crippen LogP) is 1.41. The minimum Gasteiger partial charge on any atom is -0.343 e. The Hall–Kier alpha value is -1.91. The van der Waals surface area contributed by atoms with Crippen LogP contribution in [0.1, 0.15) is 37.3 Å². The van der Waals surface area contributed by atoms with E-state index < -0.39 is 0 Å². The molecule has 1 aliphatic heterocycles. The SMILES string of the molecule is CCC1NC(=O)C(C2CC2)N(Cc2cncc(C)c2)C1=O. The topological polar surface area (TPSA) is 62.3 Å². The summed E-state index contributed by atoms with van der Waals surface area (Å²) in [6, 6.07) is 1.34. The molecule has 0 radical (unpaired) electrons. The van der Waals surface area contributed by atoms with Gasteiger partial charge in [0.25, 0.3) is 0 Å². The van der Waals surface area contributed by atoms with E-state index in [0.29, 0.717) is 18.9 Å². The molecule has 1 aromatic rings. The summed E-state index contributed by atoms with van der Waals surface area (Å²) in [6.45, 7) is 4.37. The molecule has 3 rings (SSSR count). The second-order valence-corrected chi connectivity index (χ2v) is 6.09. The van der Waals surface area contributed by atoms with Crippen LogP contribution in [0, 0.1) is 12.8 Å². The second kappa shape index (κ2) is 5.47. The van der Waals surface area contributed by atoms with Gasteiger partial charge in [-0.05, 0) is 43.2 Å². The molecule has 2 aliphatic rings. The van der Waals surface area contributed by atoms with Gasteiger partial charge >= 0.3 is 0 Å². The van der Waals surface area contributed by atoms with Gasteiger partial charge in [0, 0.05) is 18.9 Å². The van der Waals surface area contributed by atoms with Gasteiger partial charge in [-0.15, -0.1) is 0 Å². The maximum atomic E-state index is 12.6. The van der Waals surface area contributed by atoms with E-state index >= 15 is 0 Å². The molecule has 112 valence electrons. The summed E-state index contributed by atoms with van der Waals surface area (Å²) in [5, 5.41) is 2.87. The van der Waals surface area contributed by atoms with Gasteiger partial charge in [-0.1, -0.05) is 13.0 Å². The van der Waals surface area contributed by atoms with Crippen LogP contribution in [0.3, 0.4) is 0 Å². The molecular formula is C16H21N3O2. The number of amides is 2. The molecule has 2 fully saturated rings. The van der Waals surface area contributed by atoms with Crippen LogP contribution in [-0.4, -0.2) is 33.8 Å². The molecular weight excluding hydrogens is 266 g/mol. The summed E-state index contributed by atoms with van der Waals surface area (Å²) in [5.41, 5.74) is 2.05. The van der Waals surface area contributed by atoms with Crippen molar-refractivity contribution in [2.24, 2.45) is 5.92 Å². The Morgan fingerprint density at radius 2 is 2.10 bits per heavy atom. The van der Waals surface area contributed by atoms with Gasteiger partial charge in [-0.2, -0.15) is 0 Å². The Labute approximate surface area is 124 Å². The van der Waals surface area contributed by atoms with E-state index in [-0.39, 0.29) is 23.9 Å². The number of hydrogen-bond donors (Lipinski definition) is 1. The molecule has 1 N–H and O–H groups in total. The number of rotatable bonds is 4. The van der Waals surface area contributed by atoms with Crippen LogP contribution in [0.25, 0.3) is 0 Å². The molecule has 1 aromatic heterocycles. The lowest BCUT2D eigenvalue weighted by Gasteiger charge is -2.39. The fraction of sp³-hybridized carbons (Fsp3) is 0.562. The van der Waals surface area contributed by atoms with E-state index in [1.54, 1.807) is 17.3 Å². The zero-order valence-corrected chi connectivity index (χ0v) is 12.5. The molecule has 0 spiro atoms. The van der Waals surface area contributed by atoms with Crippen molar-refractivity contribution in [3.05, 3.63) is 29.6 Å². The zero-order chi connectivity index (χ0) is 15.0. The summed E-state index contributed by atoms with van der Waals surface area (Å²) < 4.78 is 0. The average molecular weight is 287 g/mol. The van der Waals surface area contributed by atoms with Crippen molar-refractivity contribution in [1.29, 1.82) is 0 Å². The number of hydrogen-bond acceptors (Lipinski definition) is 3. The quantitative estimate of drug-likeness (QED) is 0.910. The Kier molecular flexibility index (Phi) is 3.66. The number of nitrogens with one attached hydrogen (secondary N) is 1. The van der Waals surface area contributed by atoms with Crippen LogP contribution in [0.15, 0.2) is 18.5 Å². The highest BCUT2D eigenvalue weighted by Crippen LogP contribution is 2.37. The summed E-state index contributed by atoms with van der Waals surface area (Å²) in [7, 11) is 0. The summed E-state index contributed by atoms with van der Waals surface area (Å²) in [6.07, 6.45) is 6.26. The maximum Gasteiger partial charge on any atom is 0.246 e. The molecule has 5 heteroatoms. The van der Waals surface area contributed by atoms with E-state index in [0.717, 1.165) is 24.0 Å². The lowest BCUT2D eigenvalue weighted by atomic mass is 10.0. The number of carbonyl (C=O) groups excluding carboxylic acids is 2. The molecule has 21 heavy (non-hydrogen) atoms. The smallest absolute Gasteiger partial charge is 0.246 e. The minimum absolute atomic E-state index is 0.00422. The number of aromatic nitrogens is 1. The van der Waals surface area contributed by atoms with Crippen molar-refractivity contribution in [1.82, 2.24) is 15.2 Å². The Balaban J connectivity index is 1.86. The summed E-state index contributed by atoms with van der Waals surface area (Å²) in [4.78, 5) is 30.9. The largest absolute Gasteiger partial charge is 0.343 e. The first-order valence-electron chi connectivity index (χ1n) is 7.61. The van der Waals surface area contributed by atoms with Gasteiger partial charge in [0.05, 0.1) is 0 Å². The normalized spacial score (nSPS) is 25.9. The van der Waals surface area contributed by atoms with E-state index in [2.05, 4.69) is 10.3 Å². The van der Waals surface area contributed by atoms with Crippen molar-refractivity contribution in [3.8, 4) is 0 Å². The number of nitrogens with zero attached hydrogens (tertiary/aromatic N) is 2. The lowest BCUT2D eigenvalue weighted by molar-refractivity contribution is -0.151. The number of pyridine rings is 1. The van der Waals surface area contributed by atoms with Crippen molar-refractivity contribution in [2.45, 2.75) is 51.7 Å². The minimum atomic E-state index is -0.384. The van der Waals surface area contributed by atoms with Crippen LogP contribution in [-0.2, 0) is 16.1 Å². The molecule has 1 saturated heterocycles. The van der Waals surface area contributed by atoms with Crippen LogP contribution < -0.4 is 5.32 Å². The van der Waals surface area contributed by atoms with Gasteiger partial charge in [-0.25, -0.2) is 0 Å². The van der Waals surface area contributed by atoms with E-state index in [1.807, 2.05) is 19.9 Å². The highest BCUT2D eigenvalue weighted by Gasteiger charge is 2.47. The van der Waals surface area contributed by atoms with E-state index in [9.17, 15) is 9.59 Å². The molecule has 5 nitrogen and oxygen atoms in total.